The number of benzene rings is 2. The molecule has 1 aliphatic rings. The van der Waals surface area contributed by atoms with Crippen LogP contribution in [0.5, 0.6) is 0 Å². The molecule has 1 N–H and O–H groups in total. The largest absolute Gasteiger partial charge is 0.337 e. The van der Waals surface area contributed by atoms with Gasteiger partial charge in [0.2, 0.25) is 5.91 Å². The molecule has 1 aliphatic heterocycles. The highest BCUT2D eigenvalue weighted by atomic mass is 79.9. The predicted molar refractivity (Wildman–Crippen MR) is 104 cm³/mol. The number of rotatable bonds is 3. The summed E-state index contributed by atoms with van der Waals surface area (Å²) < 4.78 is 0. The molecule has 0 aromatic heterocycles. The van der Waals surface area contributed by atoms with E-state index < -0.39 is 0 Å². The van der Waals surface area contributed by atoms with Gasteiger partial charge in [-0.15, -0.1) is 0 Å². The van der Waals surface area contributed by atoms with Gasteiger partial charge in [0.1, 0.15) is 0 Å². The Hall–Kier alpha value is -1.65. The lowest BCUT2D eigenvalue weighted by molar-refractivity contribution is -0.885. The normalized spacial score (nSPS) is 19.8. The van der Waals surface area contributed by atoms with E-state index in [1.54, 1.807) is 0 Å². The second-order valence-electron chi connectivity index (χ2n) is 6.08. The van der Waals surface area contributed by atoms with Crippen molar-refractivity contribution in [3.8, 4) is 0 Å². The Morgan fingerprint density at radius 3 is 1.75 bits per heavy atom. The third-order valence-corrected chi connectivity index (χ3v) is 4.44. The molecule has 24 heavy (non-hydrogen) atoms. The van der Waals surface area contributed by atoms with Gasteiger partial charge in [0.05, 0.1) is 20.1 Å². The van der Waals surface area contributed by atoms with Gasteiger partial charge < -0.3 is 4.90 Å². The van der Waals surface area contributed by atoms with Crippen LogP contribution in [0.3, 0.4) is 0 Å². The van der Waals surface area contributed by atoms with Crippen molar-refractivity contribution in [1.29, 1.82) is 0 Å². The van der Waals surface area contributed by atoms with E-state index in [-0.39, 0.29) is 11.8 Å². The molecule has 0 unspecified atom stereocenters. The Bertz CT molecular complexity index is 571. The molecule has 0 saturated carbocycles. The number of halogens is 1. The standard InChI is InChI=1S/C19H22N2O.CH3Br/c1-20-14-12-16(13-15-20)19(22)21(17-8-4-2-5-9-17)18-10-6-3-7-11-18;1-2/h2-11,16H,12-15H2,1H3;1H3/p+1. The third-order valence-electron chi connectivity index (χ3n) is 4.44. The smallest absolute Gasteiger partial charge is 0.235 e. The van der Waals surface area contributed by atoms with Crippen LogP contribution in [0, 0.1) is 5.92 Å². The lowest BCUT2D eigenvalue weighted by atomic mass is 9.95. The molecule has 2 aromatic carbocycles. The van der Waals surface area contributed by atoms with Gasteiger partial charge in [0, 0.05) is 30.1 Å². The lowest BCUT2D eigenvalue weighted by Gasteiger charge is -2.31. The molecule has 0 atom stereocenters. The summed E-state index contributed by atoms with van der Waals surface area (Å²) in [5, 5.41) is 0. The van der Waals surface area contributed by atoms with Crippen LogP contribution < -0.4 is 9.80 Å². The molecular weight excluding hydrogens is 364 g/mol. The van der Waals surface area contributed by atoms with Crippen LogP contribution in [-0.2, 0) is 4.79 Å². The first-order chi connectivity index (χ1) is 11.8. The van der Waals surface area contributed by atoms with Crippen LogP contribution in [0.2, 0.25) is 0 Å². The Morgan fingerprint density at radius 2 is 1.33 bits per heavy atom. The quantitative estimate of drug-likeness (QED) is 0.800. The molecule has 4 heteroatoms. The van der Waals surface area contributed by atoms with Crippen LogP contribution >= 0.6 is 15.9 Å². The predicted octanol–water partition coefficient (Wildman–Crippen LogP) is 3.29. The molecule has 3 nitrogen and oxygen atoms in total. The number of carbonyl (C=O) groups excluding carboxylic acids is 1. The maximum Gasteiger partial charge on any atom is 0.235 e. The van der Waals surface area contributed by atoms with E-state index >= 15 is 0 Å². The third kappa shape index (κ3) is 4.68. The Morgan fingerprint density at radius 1 is 0.917 bits per heavy atom. The maximum absolute atomic E-state index is 13.1. The molecule has 128 valence electrons. The van der Waals surface area contributed by atoms with E-state index in [1.165, 1.54) is 4.90 Å². The minimum atomic E-state index is 0.129. The Labute approximate surface area is 153 Å². The van der Waals surface area contributed by atoms with E-state index in [1.807, 2.05) is 71.4 Å². The summed E-state index contributed by atoms with van der Waals surface area (Å²) >= 11 is 2.94. The van der Waals surface area contributed by atoms with Crippen LogP contribution in [0.4, 0.5) is 11.4 Å². The fraction of sp³-hybridized carbons (Fsp3) is 0.350. The summed E-state index contributed by atoms with van der Waals surface area (Å²) in [5.74, 6) is 2.17. The first kappa shape index (κ1) is 18.7. The van der Waals surface area contributed by atoms with E-state index in [4.69, 9.17) is 0 Å². The van der Waals surface area contributed by atoms with Crippen LogP contribution in [-0.4, -0.2) is 31.9 Å². The van der Waals surface area contributed by atoms with Gasteiger partial charge in [0.25, 0.3) is 0 Å². The lowest BCUT2D eigenvalue weighted by Crippen LogP contribution is -3.10. The molecule has 0 radical (unpaired) electrons. The highest BCUT2D eigenvalue weighted by molar-refractivity contribution is 9.08. The minimum Gasteiger partial charge on any atom is -0.337 e. The fourth-order valence-corrected chi connectivity index (χ4v) is 3.10. The summed E-state index contributed by atoms with van der Waals surface area (Å²) in [4.78, 5) is 16.5. The number of para-hydroxylation sites is 2. The Kier molecular flexibility index (Phi) is 7.47. The first-order valence-electron chi connectivity index (χ1n) is 8.39. The summed E-state index contributed by atoms with van der Waals surface area (Å²) in [6.45, 7) is 2.15. The van der Waals surface area contributed by atoms with Crippen LogP contribution in [0.1, 0.15) is 12.8 Å². The zero-order valence-corrected chi connectivity index (χ0v) is 16.0. The second kappa shape index (κ2) is 9.60. The van der Waals surface area contributed by atoms with Crippen molar-refractivity contribution in [3.63, 3.8) is 0 Å². The summed E-state index contributed by atoms with van der Waals surface area (Å²) in [6.07, 6.45) is 1.95. The van der Waals surface area contributed by atoms with Crippen molar-refractivity contribution in [3.05, 3.63) is 60.7 Å². The molecule has 3 rings (SSSR count). The number of nitrogens with zero attached hydrogens (tertiary/aromatic N) is 1. The number of carbonyl (C=O) groups is 1. The van der Waals surface area contributed by atoms with Gasteiger partial charge in [-0.1, -0.05) is 52.3 Å². The van der Waals surface area contributed by atoms with E-state index in [0.717, 1.165) is 37.3 Å². The zero-order chi connectivity index (χ0) is 17.4. The highest BCUT2D eigenvalue weighted by Gasteiger charge is 2.30. The molecule has 1 saturated heterocycles. The average molecular weight is 390 g/mol. The molecule has 0 bridgehead atoms. The van der Waals surface area contributed by atoms with Gasteiger partial charge in [-0.3, -0.25) is 9.69 Å². The van der Waals surface area contributed by atoms with Crippen LogP contribution in [0.25, 0.3) is 0 Å². The molecule has 1 fully saturated rings. The van der Waals surface area contributed by atoms with E-state index in [2.05, 4.69) is 23.0 Å². The second-order valence-corrected chi connectivity index (χ2v) is 6.08. The number of alkyl halides is 1. The molecule has 0 spiro atoms. The zero-order valence-electron chi connectivity index (χ0n) is 14.4. The van der Waals surface area contributed by atoms with Crippen molar-refractivity contribution in [2.24, 2.45) is 5.92 Å². The number of quaternary nitrogens is 1. The number of amides is 1. The van der Waals surface area contributed by atoms with Crippen molar-refractivity contribution >= 4 is 33.2 Å². The molecule has 2 aromatic rings. The number of piperidine rings is 1. The first-order valence-corrected chi connectivity index (χ1v) is 9.97. The molecule has 1 heterocycles. The van der Waals surface area contributed by atoms with Gasteiger partial charge in [-0.25, -0.2) is 0 Å². The van der Waals surface area contributed by atoms with Crippen molar-refractivity contribution < 1.29 is 9.69 Å². The minimum absolute atomic E-state index is 0.129. The van der Waals surface area contributed by atoms with E-state index in [0.29, 0.717) is 0 Å². The molecular formula is C20H26BrN2O+. The maximum atomic E-state index is 13.1. The number of hydrogen-bond donors (Lipinski definition) is 1. The number of anilines is 2. The summed E-state index contributed by atoms with van der Waals surface area (Å²) in [5.41, 5.74) is 1.90. The van der Waals surface area contributed by atoms with Gasteiger partial charge in [0.15, 0.2) is 0 Å². The molecule has 0 aliphatic carbocycles. The molecule has 1 amide bonds. The number of likely N-dealkylation sites (tertiary alicyclic amines) is 1. The van der Waals surface area contributed by atoms with Gasteiger partial charge in [-0.05, 0) is 30.1 Å². The van der Waals surface area contributed by atoms with Crippen molar-refractivity contribution in [1.82, 2.24) is 0 Å². The van der Waals surface area contributed by atoms with Gasteiger partial charge >= 0.3 is 0 Å². The number of hydrogen-bond acceptors (Lipinski definition) is 1. The monoisotopic (exact) mass is 389 g/mol. The van der Waals surface area contributed by atoms with E-state index in [9.17, 15) is 4.79 Å². The highest BCUT2D eigenvalue weighted by Crippen LogP contribution is 2.28. The summed E-state index contributed by atoms with van der Waals surface area (Å²) in [6, 6.07) is 19.9. The summed E-state index contributed by atoms with van der Waals surface area (Å²) in [7, 11) is 2.20. The van der Waals surface area contributed by atoms with Gasteiger partial charge in [-0.2, -0.15) is 0 Å². The van der Waals surface area contributed by atoms with Crippen LogP contribution in [0.15, 0.2) is 60.7 Å². The number of nitrogens with one attached hydrogen (secondary N) is 1. The fourth-order valence-electron chi connectivity index (χ4n) is 3.10. The SMILES string of the molecule is CBr.C[NH+]1CCC(C(=O)N(c2ccccc2)c2ccccc2)CC1. The van der Waals surface area contributed by atoms with Crippen molar-refractivity contribution in [2.45, 2.75) is 12.8 Å². The Balaban J connectivity index is 0.00000100. The topological polar surface area (TPSA) is 24.8 Å². The average Bonchev–Trinajstić information content (AvgIpc) is 2.66. The van der Waals surface area contributed by atoms with Crippen molar-refractivity contribution in [2.75, 3.05) is 30.9 Å².